The van der Waals surface area contributed by atoms with E-state index in [9.17, 15) is 0 Å². The predicted octanol–water partition coefficient (Wildman–Crippen LogP) is 2.35. The van der Waals surface area contributed by atoms with Crippen molar-refractivity contribution in [2.24, 2.45) is 0 Å². The van der Waals surface area contributed by atoms with Crippen LogP contribution in [0.15, 0.2) is 0 Å². The number of hydrogen-bond donors (Lipinski definition) is 1. The fourth-order valence-electron chi connectivity index (χ4n) is 2.14. The molecule has 1 N–H and O–H groups in total. The van der Waals surface area contributed by atoms with Crippen molar-refractivity contribution in [2.45, 2.75) is 57.6 Å². The maximum absolute atomic E-state index is 5.66. The van der Waals surface area contributed by atoms with Crippen molar-refractivity contribution in [2.75, 3.05) is 26.9 Å². The minimum absolute atomic E-state index is 0.361. The fraction of sp³-hybridized carbons (Fsp3) is 1.00. The molecular weight excluding hydrogens is 202 g/mol. The molecule has 1 saturated heterocycles. The second-order valence-electron chi connectivity index (χ2n) is 4.60. The van der Waals surface area contributed by atoms with Gasteiger partial charge in [0.25, 0.3) is 0 Å². The van der Waals surface area contributed by atoms with Crippen LogP contribution < -0.4 is 5.32 Å². The molecule has 0 aromatic heterocycles. The van der Waals surface area contributed by atoms with E-state index in [0.717, 1.165) is 26.2 Å². The van der Waals surface area contributed by atoms with Gasteiger partial charge in [-0.25, -0.2) is 0 Å². The van der Waals surface area contributed by atoms with E-state index < -0.39 is 0 Å². The van der Waals surface area contributed by atoms with Gasteiger partial charge in [-0.2, -0.15) is 0 Å². The summed E-state index contributed by atoms with van der Waals surface area (Å²) >= 11 is 0. The van der Waals surface area contributed by atoms with Crippen LogP contribution in [0.1, 0.15) is 45.4 Å². The molecule has 1 aliphatic rings. The molecule has 0 amide bonds. The molecule has 0 aliphatic carbocycles. The third-order valence-corrected chi connectivity index (χ3v) is 3.32. The maximum atomic E-state index is 5.66. The summed E-state index contributed by atoms with van der Waals surface area (Å²) in [5.41, 5.74) is 0. The van der Waals surface area contributed by atoms with Crippen molar-refractivity contribution in [3.8, 4) is 0 Å². The summed E-state index contributed by atoms with van der Waals surface area (Å²) in [4.78, 5) is 0. The summed E-state index contributed by atoms with van der Waals surface area (Å²) in [5, 5.41) is 3.31. The Morgan fingerprint density at radius 1 is 1.44 bits per heavy atom. The molecule has 1 aliphatic heterocycles. The summed E-state index contributed by atoms with van der Waals surface area (Å²) in [6.07, 6.45) is 7.60. The normalized spacial score (nSPS) is 23.2. The Hall–Kier alpha value is -0.120. The van der Waals surface area contributed by atoms with Crippen molar-refractivity contribution >= 4 is 0 Å². The number of ether oxygens (including phenoxy) is 2. The van der Waals surface area contributed by atoms with Gasteiger partial charge >= 0.3 is 0 Å². The molecule has 96 valence electrons. The molecule has 16 heavy (non-hydrogen) atoms. The second kappa shape index (κ2) is 8.97. The molecule has 0 aromatic rings. The maximum Gasteiger partial charge on any atom is 0.0808 e. The van der Waals surface area contributed by atoms with E-state index in [1.807, 2.05) is 7.05 Å². The van der Waals surface area contributed by atoms with E-state index in [1.165, 1.54) is 32.1 Å². The van der Waals surface area contributed by atoms with Gasteiger partial charge in [0.1, 0.15) is 0 Å². The lowest BCUT2D eigenvalue weighted by Crippen LogP contribution is -2.26. The zero-order valence-electron chi connectivity index (χ0n) is 10.8. The molecule has 2 atom stereocenters. The van der Waals surface area contributed by atoms with Crippen LogP contribution in [0.5, 0.6) is 0 Å². The van der Waals surface area contributed by atoms with Gasteiger partial charge in [0, 0.05) is 19.3 Å². The topological polar surface area (TPSA) is 30.5 Å². The molecule has 0 radical (unpaired) electrons. The highest BCUT2D eigenvalue weighted by Crippen LogP contribution is 2.13. The van der Waals surface area contributed by atoms with Crippen molar-refractivity contribution in [1.29, 1.82) is 0 Å². The second-order valence-corrected chi connectivity index (χ2v) is 4.60. The predicted molar refractivity (Wildman–Crippen MR) is 66.8 cm³/mol. The smallest absolute Gasteiger partial charge is 0.0808 e. The lowest BCUT2D eigenvalue weighted by molar-refractivity contribution is -0.0412. The van der Waals surface area contributed by atoms with Crippen LogP contribution in [-0.4, -0.2) is 39.0 Å². The van der Waals surface area contributed by atoms with Crippen LogP contribution in [0, 0.1) is 0 Å². The van der Waals surface area contributed by atoms with Gasteiger partial charge in [-0.05, 0) is 45.6 Å². The number of nitrogens with one attached hydrogen (secondary N) is 1. The number of hydrogen-bond acceptors (Lipinski definition) is 3. The van der Waals surface area contributed by atoms with Crippen molar-refractivity contribution < 1.29 is 9.47 Å². The van der Waals surface area contributed by atoms with E-state index in [4.69, 9.17) is 9.47 Å². The SMILES string of the molecule is CCC(CCCOCC1CCCCO1)NC. The highest BCUT2D eigenvalue weighted by atomic mass is 16.5. The monoisotopic (exact) mass is 229 g/mol. The fourth-order valence-corrected chi connectivity index (χ4v) is 2.14. The molecular formula is C13H27NO2. The molecule has 0 bridgehead atoms. The molecule has 1 fully saturated rings. The molecule has 3 heteroatoms. The average molecular weight is 229 g/mol. The first-order chi connectivity index (χ1) is 7.86. The average Bonchev–Trinajstić information content (AvgIpc) is 2.35. The standard InChI is InChI=1S/C13H27NO2/c1-3-12(14-2)7-6-9-15-11-13-8-4-5-10-16-13/h12-14H,3-11H2,1-2H3. The first-order valence-electron chi connectivity index (χ1n) is 6.73. The van der Waals surface area contributed by atoms with E-state index in [2.05, 4.69) is 12.2 Å². The van der Waals surface area contributed by atoms with Crippen LogP contribution in [-0.2, 0) is 9.47 Å². The zero-order chi connectivity index (χ0) is 11.6. The summed E-state index contributed by atoms with van der Waals surface area (Å²) in [6, 6.07) is 0.648. The van der Waals surface area contributed by atoms with Gasteiger partial charge < -0.3 is 14.8 Å². The number of rotatable bonds is 8. The Balaban J connectivity index is 1.90. The summed E-state index contributed by atoms with van der Waals surface area (Å²) in [6.45, 7) is 4.80. The van der Waals surface area contributed by atoms with Gasteiger partial charge in [-0.1, -0.05) is 6.92 Å². The minimum atomic E-state index is 0.361. The molecule has 0 saturated carbocycles. The quantitative estimate of drug-likeness (QED) is 0.648. The van der Waals surface area contributed by atoms with Gasteiger partial charge in [0.2, 0.25) is 0 Å². The molecule has 3 nitrogen and oxygen atoms in total. The Labute approximate surface area is 99.9 Å². The Kier molecular flexibility index (Phi) is 7.81. The molecule has 1 heterocycles. The van der Waals surface area contributed by atoms with Crippen LogP contribution >= 0.6 is 0 Å². The molecule has 2 unspecified atom stereocenters. The largest absolute Gasteiger partial charge is 0.379 e. The molecule has 0 spiro atoms. The summed E-state index contributed by atoms with van der Waals surface area (Å²) in [7, 11) is 2.03. The Morgan fingerprint density at radius 2 is 2.31 bits per heavy atom. The van der Waals surface area contributed by atoms with Crippen LogP contribution in [0.4, 0.5) is 0 Å². The highest BCUT2D eigenvalue weighted by molar-refractivity contribution is 4.63. The van der Waals surface area contributed by atoms with Crippen LogP contribution in [0.3, 0.4) is 0 Å². The Morgan fingerprint density at radius 3 is 2.94 bits per heavy atom. The highest BCUT2D eigenvalue weighted by Gasteiger charge is 2.13. The van der Waals surface area contributed by atoms with Crippen molar-refractivity contribution in [3.63, 3.8) is 0 Å². The zero-order valence-corrected chi connectivity index (χ0v) is 10.8. The van der Waals surface area contributed by atoms with Crippen molar-refractivity contribution in [1.82, 2.24) is 5.32 Å². The van der Waals surface area contributed by atoms with E-state index >= 15 is 0 Å². The Bertz CT molecular complexity index is 154. The van der Waals surface area contributed by atoms with Gasteiger partial charge in [0.15, 0.2) is 0 Å². The van der Waals surface area contributed by atoms with E-state index in [1.54, 1.807) is 0 Å². The lowest BCUT2D eigenvalue weighted by atomic mass is 10.1. The third kappa shape index (κ3) is 5.83. The molecule has 1 rings (SSSR count). The van der Waals surface area contributed by atoms with Crippen LogP contribution in [0.25, 0.3) is 0 Å². The van der Waals surface area contributed by atoms with E-state index in [-0.39, 0.29) is 0 Å². The minimum Gasteiger partial charge on any atom is -0.379 e. The third-order valence-electron chi connectivity index (χ3n) is 3.32. The summed E-state index contributed by atoms with van der Waals surface area (Å²) in [5.74, 6) is 0. The van der Waals surface area contributed by atoms with Crippen molar-refractivity contribution in [3.05, 3.63) is 0 Å². The lowest BCUT2D eigenvalue weighted by Gasteiger charge is -2.22. The van der Waals surface area contributed by atoms with E-state index in [0.29, 0.717) is 12.1 Å². The first-order valence-corrected chi connectivity index (χ1v) is 6.73. The van der Waals surface area contributed by atoms with Crippen LogP contribution in [0.2, 0.25) is 0 Å². The summed E-state index contributed by atoms with van der Waals surface area (Å²) < 4.78 is 11.3. The van der Waals surface area contributed by atoms with Gasteiger partial charge in [-0.15, -0.1) is 0 Å². The van der Waals surface area contributed by atoms with Gasteiger partial charge in [-0.3, -0.25) is 0 Å². The molecule has 0 aromatic carbocycles. The first kappa shape index (κ1) is 13.9. The van der Waals surface area contributed by atoms with Gasteiger partial charge in [0.05, 0.1) is 12.7 Å².